The average Bonchev–Trinajstić information content (AvgIpc) is 3.16. The molecule has 3 rings (SSSR count). The van der Waals surface area contributed by atoms with Crippen LogP contribution in [0.5, 0.6) is 0 Å². The molecule has 0 fully saturated rings. The molecular weight excluding hydrogens is 358 g/mol. The summed E-state index contributed by atoms with van der Waals surface area (Å²) in [6.45, 7) is 3.25. The van der Waals surface area contributed by atoms with Crippen LogP contribution in [0.3, 0.4) is 0 Å². The summed E-state index contributed by atoms with van der Waals surface area (Å²) in [5, 5.41) is 11.3. The Hall–Kier alpha value is -2.41. The third kappa shape index (κ3) is 3.68. The van der Waals surface area contributed by atoms with Crippen molar-refractivity contribution in [3.63, 3.8) is 0 Å². The summed E-state index contributed by atoms with van der Waals surface area (Å²) in [5.41, 5.74) is 2.36. The summed E-state index contributed by atoms with van der Waals surface area (Å²) >= 11 is 3.38. The van der Waals surface area contributed by atoms with Crippen molar-refractivity contribution in [2.24, 2.45) is 0 Å². The molecule has 0 unspecified atom stereocenters. The molecule has 23 heavy (non-hydrogen) atoms. The SMILES string of the molecule is CCn1nccc1C(=O)Nc1cccc(Cn2cc(Br)cn2)c1. The molecular formula is C16H16BrN5O. The Kier molecular flexibility index (Phi) is 4.57. The molecule has 0 saturated heterocycles. The highest BCUT2D eigenvalue weighted by molar-refractivity contribution is 9.10. The van der Waals surface area contributed by atoms with Gasteiger partial charge in [-0.25, -0.2) is 0 Å². The topological polar surface area (TPSA) is 64.7 Å². The van der Waals surface area contributed by atoms with Gasteiger partial charge in [0, 0.05) is 24.6 Å². The number of aryl methyl sites for hydroxylation is 1. The predicted octanol–water partition coefficient (Wildman–Crippen LogP) is 3.16. The molecule has 0 aliphatic heterocycles. The minimum Gasteiger partial charge on any atom is -0.321 e. The molecule has 0 spiro atoms. The van der Waals surface area contributed by atoms with Gasteiger partial charge in [0.15, 0.2) is 0 Å². The number of halogens is 1. The van der Waals surface area contributed by atoms with Gasteiger partial charge < -0.3 is 5.32 Å². The number of carbonyl (C=O) groups excluding carboxylic acids is 1. The summed E-state index contributed by atoms with van der Waals surface area (Å²) < 4.78 is 4.44. The van der Waals surface area contributed by atoms with Crippen LogP contribution in [0.15, 0.2) is 53.4 Å². The number of amides is 1. The summed E-state index contributed by atoms with van der Waals surface area (Å²) in [5.74, 6) is -0.164. The van der Waals surface area contributed by atoms with Gasteiger partial charge in [-0.05, 0) is 46.6 Å². The largest absolute Gasteiger partial charge is 0.321 e. The molecule has 0 bridgehead atoms. The lowest BCUT2D eigenvalue weighted by molar-refractivity contribution is 0.101. The van der Waals surface area contributed by atoms with E-state index in [1.54, 1.807) is 23.1 Å². The zero-order valence-corrected chi connectivity index (χ0v) is 14.2. The van der Waals surface area contributed by atoms with E-state index in [1.807, 2.05) is 42.1 Å². The third-order valence-corrected chi connectivity index (χ3v) is 3.79. The number of nitrogens with one attached hydrogen (secondary N) is 1. The van der Waals surface area contributed by atoms with Gasteiger partial charge >= 0.3 is 0 Å². The quantitative estimate of drug-likeness (QED) is 0.746. The summed E-state index contributed by atoms with van der Waals surface area (Å²) in [7, 11) is 0. The molecule has 3 aromatic rings. The number of carbonyl (C=O) groups is 1. The average molecular weight is 374 g/mol. The first kappa shape index (κ1) is 15.5. The number of benzene rings is 1. The lowest BCUT2D eigenvalue weighted by Gasteiger charge is -2.08. The Morgan fingerprint density at radius 3 is 2.91 bits per heavy atom. The lowest BCUT2D eigenvalue weighted by Crippen LogP contribution is -2.17. The Morgan fingerprint density at radius 1 is 1.30 bits per heavy atom. The number of nitrogens with zero attached hydrogens (tertiary/aromatic N) is 4. The standard InChI is InChI=1S/C16H16BrN5O/c1-2-22-15(6-7-18-22)16(23)20-14-5-3-4-12(8-14)10-21-11-13(17)9-19-21/h3-9,11H,2,10H2,1H3,(H,20,23). The normalized spacial score (nSPS) is 10.7. The Bertz CT molecular complexity index is 823. The second-order valence-corrected chi connectivity index (χ2v) is 5.96. The number of anilines is 1. The van der Waals surface area contributed by atoms with E-state index in [-0.39, 0.29) is 5.91 Å². The first-order valence-corrected chi connectivity index (χ1v) is 8.05. The van der Waals surface area contributed by atoms with Crippen molar-refractivity contribution in [1.82, 2.24) is 19.6 Å². The van der Waals surface area contributed by atoms with Crippen molar-refractivity contribution >= 4 is 27.5 Å². The van der Waals surface area contributed by atoms with Crippen LogP contribution in [0.2, 0.25) is 0 Å². The molecule has 0 saturated carbocycles. The molecule has 0 atom stereocenters. The minimum atomic E-state index is -0.164. The second-order valence-electron chi connectivity index (χ2n) is 5.04. The molecule has 1 N–H and O–H groups in total. The third-order valence-electron chi connectivity index (χ3n) is 3.38. The van der Waals surface area contributed by atoms with Crippen molar-refractivity contribution in [2.75, 3.05) is 5.32 Å². The number of hydrogen-bond donors (Lipinski definition) is 1. The maximum absolute atomic E-state index is 12.3. The first-order chi connectivity index (χ1) is 11.2. The fraction of sp³-hybridized carbons (Fsp3) is 0.188. The van der Waals surface area contributed by atoms with Gasteiger partial charge in [0.1, 0.15) is 5.69 Å². The summed E-state index contributed by atoms with van der Waals surface area (Å²) in [6.07, 6.45) is 5.28. The maximum atomic E-state index is 12.3. The molecule has 2 heterocycles. The van der Waals surface area contributed by atoms with Crippen LogP contribution < -0.4 is 5.32 Å². The first-order valence-electron chi connectivity index (χ1n) is 7.26. The van der Waals surface area contributed by atoms with Gasteiger partial charge in [0.25, 0.3) is 5.91 Å². The fourth-order valence-corrected chi connectivity index (χ4v) is 2.66. The fourth-order valence-electron chi connectivity index (χ4n) is 2.33. The maximum Gasteiger partial charge on any atom is 0.273 e. The molecule has 0 radical (unpaired) electrons. The van der Waals surface area contributed by atoms with Gasteiger partial charge in [-0.15, -0.1) is 0 Å². The number of aromatic nitrogens is 4. The van der Waals surface area contributed by atoms with Gasteiger partial charge in [-0.2, -0.15) is 10.2 Å². The van der Waals surface area contributed by atoms with Crippen LogP contribution >= 0.6 is 15.9 Å². The summed E-state index contributed by atoms with van der Waals surface area (Å²) in [4.78, 5) is 12.3. The monoisotopic (exact) mass is 373 g/mol. The molecule has 6 nitrogen and oxygen atoms in total. The van der Waals surface area contributed by atoms with Crippen LogP contribution in [-0.2, 0) is 13.1 Å². The Balaban J connectivity index is 1.73. The zero-order chi connectivity index (χ0) is 16.2. The van der Waals surface area contributed by atoms with Gasteiger partial charge in [-0.3, -0.25) is 14.2 Å². The van der Waals surface area contributed by atoms with E-state index in [2.05, 4.69) is 31.4 Å². The van der Waals surface area contributed by atoms with Gasteiger partial charge in [-0.1, -0.05) is 12.1 Å². The molecule has 0 aliphatic carbocycles. The van der Waals surface area contributed by atoms with Crippen LogP contribution in [0.4, 0.5) is 5.69 Å². The van der Waals surface area contributed by atoms with Crippen molar-refractivity contribution < 1.29 is 4.79 Å². The highest BCUT2D eigenvalue weighted by Crippen LogP contribution is 2.14. The number of hydrogen-bond acceptors (Lipinski definition) is 3. The van der Waals surface area contributed by atoms with E-state index in [1.165, 1.54) is 0 Å². The smallest absolute Gasteiger partial charge is 0.273 e. The van der Waals surface area contributed by atoms with Gasteiger partial charge in [0.05, 0.1) is 17.2 Å². The predicted molar refractivity (Wildman–Crippen MR) is 91.3 cm³/mol. The van der Waals surface area contributed by atoms with E-state index in [4.69, 9.17) is 0 Å². The molecule has 118 valence electrons. The second kappa shape index (κ2) is 6.78. The lowest BCUT2D eigenvalue weighted by atomic mass is 10.2. The van der Waals surface area contributed by atoms with Crippen molar-refractivity contribution in [2.45, 2.75) is 20.0 Å². The molecule has 1 aromatic carbocycles. The van der Waals surface area contributed by atoms with E-state index in [9.17, 15) is 4.79 Å². The van der Waals surface area contributed by atoms with Gasteiger partial charge in [0.2, 0.25) is 0 Å². The van der Waals surface area contributed by atoms with E-state index in [0.717, 1.165) is 15.7 Å². The van der Waals surface area contributed by atoms with E-state index < -0.39 is 0 Å². The molecule has 7 heteroatoms. The zero-order valence-electron chi connectivity index (χ0n) is 12.6. The van der Waals surface area contributed by atoms with Crippen LogP contribution in [0.25, 0.3) is 0 Å². The highest BCUT2D eigenvalue weighted by atomic mass is 79.9. The van der Waals surface area contributed by atoms with Crippen LogP contribution in [0.1, 0.15) is 23.0 Å². The van der Waals surface area contributed by atoms with Crippen molar-refractivity contribution in [3.8, 4) is 0 Å². The highest BCUT2D eigenvalue weighted by Gasteiger charge is 2.11. The molecule has 0 aliphatic rings. The van der Waals surface area contributed by atoms with Crippen LogP contribution in [-0.4, -0.2) is 25.5 Å². The van der Waals surface area contributed by atoms with E-state index in [0.29, 0.717) is 18.8 Å². The van der Waals surface area contributed by atoms with E-state index >= 15 is 0 Å². The Labute approximate surface area is 142 Å². The van der Waals surface area contributed by atoms with Crippen molar-refractivity contribution in [3.05, 3.63) is 64.7 Å². The number of rotatable bonds is 5. The molecule has 1 amide bonds. The molecule has 2 aromatic heterocycles. The summed E-state index contributed by atoms with van der Waals surface area (Å²) in [6, 6.07) is 9.44. The van der Waals surface area contributed by atoms with Crippen molar-refractivity contribution in [1.29, 1.82) is 0 Å². The Morgan fingerprint density at radius 2 is 2.17 bits per heavy atom. The van der Waals surface area contributed by atoms with Crippen LogP contribution in [0, 0.1) is 0 Å². The minimum absolute atomic E-state index is 0.164.